The number of nitrogens with one attached hydrogen (secondary N) is 1. The van der Waals surface area contributed by atoms with Gasteiger partial charge in [-0.05, 0) is 28.7 Å². The fourth-order valence-corrected chi connectivity index (χ4v) is 0.663. The summed E-state index contributed by atoms with van der Waals surface area (Å²) < 4.78 is 1.26. The molecule has 0 unspecified atom stereocenters. The van der Waals surface area contributed by atoms with Gasteiger partial charge in [-0.3, -0.25) is 0 Å². The molecule has 0 aliphatic rings. The van der Waals surface area contributed by atoms with E-state index in [2.05, 4.69) is 27.6 Å². The predicted molar refractivity (Wildman–Crippen MR) is 40.6 cm³/mol. The molecule has 0 aromatic carbocycles. The van der Waals surface area contributed by atoms with Gasteiger partial charge in [0.25, 0.3) is 0 Å². The van der Waals surface area contributed by atoms with Gasteiger partial charge < -0.3 is 9.78 Å². The summed E-state index contributed by atoms with van der Waals surface area (Å²) >= 11 is 2.24. The lowest BCUT2D eigenvalue weighted by molar-refractivity contribution is -0.0979. The van der Waals surface area contributed by atoms with E-state index in [9.17, 15) is 0 Å². The van der Waals surface area contributed by atoms with Crippen LogP contribution in [0.2, 0.25) is 0 Å². The molecule has 0 amide bonds. The zero-order chi connectivity index (χ0) is 6.41. The van der Waals surface area contributed by atoms with Gasteiger partial charge in [0, 0.05) is 16.0 Å². The fourth-order valence-electron chi connectivity index (χ4n) is 0.304. The Morgan fingerprint density at radius 3 is 2.38 bits per heavy atom. The van der Waals surface area contributed by atoms with Crippen LogP contribution >= 0.6 is 22.6 Å². The van der Waals surface area contributed by atoms with Gasteiger partial charge in [-0.15, -0.1) is 0 Å². The third-order valence-electron chi connectivity index (χ3n) is 0.560. The molecule has 8 heavy (non-hydrogen) atoms. The molecule has 0 saturated heterocycles. The first-order valence-electron chi connectivity index (χ1n) is 1.97. The van der Waals surface area contributed by atoms with E-state index in [1.807, 2.05) is 25.2 Å². The van der Waals surface area contributed by atoms with Gasteiger partial charge in [0.1, 0.15) is 6.79 Å². The van der Waals surface area contributed by atoms with Crippen molar-refractivity contribution in [1.82, 2.24) is 4.98 Å². The highest BCUT2D eigenvalue weighted by Crippen LogP contribution is 1.98. The minimum atomic E-state index is 1.26. The Bertz CT molecular complexity index is 127. The van der Waals surface area contributed by atoms with Crippen molar-refractivity contribution in [3.8, 4) is 0 Å². The number of halogens is 1. The molecule has 1 aromatic heterocycles. The average molecular weight is 223 g/mol. The fraction of sp³-hybridized carbons (Fsp3) is 0. The maximum atomic E-state index is 8.00. The largest absolute Gasteiger partial charge is 0.367 e. The smallest absolute Gasteiger partial charge is 0.106 e. The summed E-state index contributed by atoms with van der Waals surface area (Å²) in [5, 5.41) is 0. The summed E-state index contributed by atoms with van der Waals surface area (Å²) in [4.78, 5) is 10.9. The summed E-state index contributed by atoms with van der Waals surface area (Å²) in [6.07, 6.45) is 3.85. The average Bonchev–Trinajstić information content (AvgIpc) is 2.24. The monoisotopic (exact) mass is 223 g/mol. The number of aromatic nitrogens is 1. The van der Waals surface area contributed by atoms with Crippen LogP contribution in [0.3, 0.4) is 0 Å². The summed E-state index contributed by atoms with van der Waals surface area (Å²) in [6.45, 7) is 2.00. The Labute approximate surface area is 61.4 Å². The molecule has 0 spiro atoms. The molecule has 1 heterocycles. The maximum Gasteiger partial charge on any atom is 0.106 e. The third kappa shape index (κ3) is 2.79. The van der Waals surface area contributed by atoms with Gasteiger partial charge in [0.15, 0.2) is 0 Å². The van der Waals surface area contributed by atoms with Crippen molar-refractivity contribution < 1.29 is 4.79 Å². The summed E-state index contributed by atoms with van der Waals surface area (Å²) in [6, 6.07) is 2.01. The molecule has 0 fully saturated rings. The molecule has 44 valence electrons. The minimum Gasteiger partial charge on any atom is -0.367 e. The molecule has 0 atom stereocenters. The molecule has 0 radical (unpaired) electrons. The van der Waals surface area contributed by atoms with E-state index in [0.29, 0.717) is 0 Å². The quantitative estimate of drug-likeness (QED) is 0.663. The molecule has 0 bridgehead atoms. The highest BCUT2D eigenvalue weighted by atomic mass is 127. The van der Waals surface area contributed by atoms with Gasteiger partial charge in [0.2, 0.25) is 0 Å². The van der Waals surface area contributed by atoms with E-state index in [1.54, 1.807) is 0 Å². The number of hydrogen-bond acceptors (Lipinski definition) is 1. The second-order valence-corrected chi connectivity index (χ2v) is 2.27. The second kappa shape index (κ2) is 4.83. The highest BCUT2D eigenvalue weighted by molar-refractivity contribution is 14.1. The van der Waals surface area contributed by atoms with Crippen molar-refractivity contribution in [2.75, 3.05) is 0 Å². The summed E-state index contributed by atoms with van der Waals surface area (Å²) in [5.74, 6) is 0. The topological polar surface area (TPSA) is 32.9 Å². The number of aromatic amines is 1. The van der Waals surface area contributed by atoms with E-state index < -0.39 is 0 Å². The minimum absolute atomic E-state index is 1.26. The molecule has 1 N–H and O–H groups in total. The van der Waals surface area contributed by atoms with Crippen LogP contribution in [0.5, 0.6) is 0 Å². The van der Waals surface area contributed by atoms with Gasteiger partial charge in [0.05, 0.1) is 0 Å². The van der Waals surface area contributed by atoms with Crippen LogP contribution in [0.15, 0.2) is 18.5 Å². The second-order valence-electron chi connectivity index (χ2n) is 1.03. The molecular formula is C5H6INO. The van der Waals surface area contributed by atoms with Crippen molar-refractivity contribution in [2.45, 2.75) is 0 Å². The van der Waals surface area contributed by atoms with Crippen molar-refractivity contribution in [3.63, 3.8) is 0 Å². The summed E-state index contributed by atoms with van der Waals surface area (Å²) in [5.41, 5.74) is 0. The first kappa shape index (κ1) is 7.68. The molecule has 1 aromatic rings. The lowest BCUT2D eigenvalue weighted by atomic mass is 10.7. The van der Waals surface area contributed by atoms with Crippen molar-refractivity contribution >= 4 is 29.4 Å². The van der Waals surface area contributed by atoms with Crippen LogP contribution < -0.4 is 0 Å². The number of H-pyrrole nitrogens is 1. The Kier molecular flexibility index (Phi) is 4.64. The standard InChI is InChI=1S/C4H4IN.CH2O/c5-4-1-2-6-3-4;1-2/h1-3,6H;1H2. The number of carbonyl (C=O) groups excluding carboxylic acids is 1. The Morgan fingerprint density at radius 1 is 1.62 bits per heavy atom. The van der Waals surface area contributed by atoms with Gasteiger partial charge in [-0.2, -0.15) is 0 Å². The van der Waals surface area contributed by atoms with Crippen LogP contribution in [0, 0.1) is 3.57 Å². The molecule has 3 heteroatoms. The number of carbonyl (C=O) groups is 1. The Hall–Kier alpha value is -0.320. The van der Waals surface area contributed by atoms with Crippen LogP contribution in [0.4, 0.5) is 0 Å². The van der Waals surface area contributed by atoms with E-state index in [0.717, 1.165) is 0 Å². The van der Waals surface area contributed by atoms with Crippen molar-refractivity contribution in [1.29, 1.82) is 0 Å². The lowest BCUT2D eigenvalue weighted by Crippen LogP contribution is -1.47. The zero-order valence-electron chi connectivity index (χ0n) is 4.23. The first-order valence-corrected chi connectivity index (χ1v) is 3.04. The normalized spacial score (nSPS) is 7.12. The molecule has 2 nitrogen and oxygen atoms in total. The third-order valence-corrected chi connectivity index (χ3v) is 1.23. The molecular weight excluding hydrogens is 217 g/mol. The van der Waals surface area contributed by atoms with Crippen LogP contribution in [0.25, 0.3) is 0 Å². The highest BCUT2D eigenvalue weighted by Gasteiger charge is 1.75. The van der Waals surface area contributed by atoms with Gasteiger partial charge >= 0.3 is 0 Å². The SMILES string of the molecule is C=O.Ic1cc[nH]c1. The molecule has 1 rings (SSSR count). The van der Waals surface area contributed by atoms with Crippen LogP contribution in [-0.2, 0) is 4.79 Å². The van der Waals surface area contributed by atoms with Crippen LogP contribution in [-0.4, -0.2) is 11.8 Å². The molecule has 0 aliphatic heterocycles. The van der Waals surface area contributed by atoms with Gasteiger partial charge in [-0.1, -0.05) is 0 Å². The summed E-state index contributed by atoms with van der Waals surface area (Å²) in [7, 11) is 0. The lowest BCUT2D eigenvalue weighted by Gasteiger charge is -1.62. The molecule has 0 saturated carbocycles. The van der Waals surface area contributed by atoms with E-state index in [4.69, 9.17) is 4.79 Å². The predicted octanol–water partition coefficient (Wildman–Crippen LogP) is 1.43. The van der Waals surface area contributed by atoms with Crippen LogP contribution in [0.1, 0.15) is 0 Å². The maximum absolute atomic E-state index is 8.00. The van der Waals surface area contributed by atoms with Gasteiger partial charge in [-0.25, -0.2) is 0 Å². The number of rotatable bonds is 0. The van der Waals surface area contributed by atoms with E-state index in [-0.39, 0.29) is 0 Å². The number of hydrogen-bond donors (Lipinski definition) is 1. The Morgan fingerprint density at radius 2 is 2.25 bits per heavy atom. The van der Waals surface area contributed by atoms with E-state index in [1.165, 1.54) is 3.57 Å². The van der Waals surface area contributed by atoms with Crippen molar-refractivity contribution in [2.24, 2.45) is 0 Å². The first-order chi connectivity index (χ1) is 3.89. The molecule has 0 aliphatic carbocycles. The Balaban J connectivity index is 0.000000222. The zero-order valence-corrected chi connectivity index (χ0v) is 6.38. The van der Waals surface area contributed by atoms with Crippen molar-refractivity contribution in [3.05, 3.63) is 22.0 Å². The van der Waals surface area contributed by atoms with E-state index >= 15 is 0 Å².